The third-order valence-electron chi connectivity index (χ3n) is 2.17. The average molecular weight is 342 g/mol. The molecule has 1 aromatic rings. The first kappa shape index (κ1) is 17.8. The van der Waals surface area contributed by atoms with Crippen LogP contribution < -0.4 is 0 Å². The predicted octanol–water partition coefficient (Wildman–Crippen LogP) is 2.85. The van der Waals surface area contributed by atoms with Crippen LogP contribution in [-0.4, -0.2) is 35.4 Å². The Kier molecular flexibility index (Phi) is 7.54. The summed E-state index contributed by atoms with van der Waals surface area (Å²) in [7, 11) is 1.16. The van der Waals surface area contributed by atoms with Crippen molar-refractivity contribution >= 4 is 28.4 Å². The summed E-state index contributed by atoms with van der Waals surface area (Å²) in [4.78, 5) is 9.22. The van der Waals surface area contributed by atoms with Crippen LogP contribution in [0.15, 0.2) is 21.4 Å². The molecule has 1 heterocycles. The molecule has 0 bridgehead atoms. The van der Waals surface area contributed by atoms with Gasteiger partial charge in [-0.3, -0.25) is 4.21 Å². The van der Waals surface area contributed by atoms with Gasteiger partial charge in [0, 0.05) is 19.3 Å². The third-order valence-corrected chi connectivity index (χ3v) is 4.86. The molecule has 0 aromatic carbocycles. The molecular formula is C11H13F3N2O3S2. The summed E-state index contributed by atoms with van der Waals surface area (Å²) >= 11 is 1.06. The number of ether oxygens (including phenoxy) is 1. The molecule has 0 N–H and O–H groups in total. The minimum atomic E-state index is -2.39. The molecule has 1 unspecified atom stereocenters. The van der Waals surface area contributed by atoms with Crippen molar-refractivity contribution in [2.75, 3.05) is 20.0 Å². The van der Waals surface area contributed by atoms with E-state index in [0.29, 0.717) is 10.6 Å². The predicted molar refractivity (Wildman–Crippen MR) is 73.7 cm³/mol. The van der Waals surface area contributed by atoms with Crippen LogP contribution in [-0.2, 0) is 27.0 Å². The lowest BCUT2D eigenvalue weighted by Crippen LogP contribution is -1.99. The molecule has 0 fully saturated rings. The maximum atomic E-state index is 12.7. The van der Waals surface area contributed by atoms with E-state index in [0.717, 1.165) is 11.3 Å². The fraction of sp³-hybridized carbons (Fsp3) is 0.455. The van der Waals surface area contributed by atoms with E-state index in [2.05, 4.69) is 15.0 Å². The first-order valence-electron chi connectivity index (χ1n) is 5.62. The fourth-order valence-electron chi connectivity index (χ4n) is 1.24. The van der Waals surface area contributed by atoms with Crippen molar-refractivity contribution in [3.05, 3.63) is 22.5 Å². The highest BCUT2D eigenvalue weighted by Gasteiger charge is 2.16. The second-order valence-electron chi connectivity index (χ2n) is 3.61. The molecule has 1 atom stereocenters. The third kappa shape index (κ3) is 5.56. The maximum Gasteiger partial charge on any atom is 0.301 e. The van der Waals surface area contributed by atoms with Gasteiger partial charge in [0.2, 0.25) is 0 Å². The summed E-state index contributed by atoms with van der Waals surface area (Å²) in [6, 6.07) is 0. The lowest BCUT2D eigenvalue weighted by Gasteiger charge is -1.96. The van der Waals surface area contributed by atoms with Gasteiger partial charge in [-0.1, -0.05) is 5.16 Å². The van der Waals surface area contributed by atoms with E-state index in [1.54, 1.807) is 0 Å². The highest BCUT2D eigenvalue weighted by molar-refractivity contribution is 7.87. The van der Waals surface area contributed by atoms with Gasteiger partial charge in [-0.25, -0.2) is 9.37 Å². The zero-order valence-corrected chi connectivity index (χ0v) is 12.9. The number of hydrogen-bond acceptors (Lipinski definition) is 6. The molecule has 0 spiro atoms. The number of rotatable bonds is 8. The molecule has 1 rings (SSSR count). The van der Waals surface area contributed by atoms with Gasteiger partial charge in [-0.2, -0.15) is 8.78 Å². The van der Waals surface area contributed by atoms with Crippen molar-refractivity contribution in [2.45, 2.75) is 17.4 Å². The van der Waals surface area contributed by atoms with E-state index >= 15 is 0 Å². The van der Waals surface area contributed by atoms with Crippen molar-refractivity contribution < 1.29 is 27.0 Å². The Morgan fingerprint density at radius 3 is 2.71 bits per heavy atom. The monoisotopic (exact) mass is 342 g/mol. The molecule has 0 amide bonds. The zero-order chi connectivity index (χ0) is 15.8. The van der Waals surface area contributed by atoms with Crippen LogP contribution in [0, 0.1) is 0 Å². The van der Waals surface area contributed by atoms with E-state index in [9.17, 15) is 17.4 Å². The van der Waals surface area contributed by atoms with Crippen LogP contribution in [0.25, 0.3) is 0 Å². The van der Waals surface area contributed by atoms with E-state index in [1.165, 1.54) is 20.4 Å². The zero-order valence-electron chi connectivity index (χ0n) is 11.3. The van der Waals surface area contributed by atoms with Gasteiger partial charge >= 0.3 is 6.08 Å². The molecule has 0 aliphatic heterocycles. The van der Waals surface area contributed by atoms with E-state index in [1.807, 2.05) is 0 Å². The highest BCUT2D eigenvalue weighted by Crippen LogP contribution is 2.23. The minimum absolute atomic E-state index is 0.173. The SMILES string of the molecule is COCc1nc(S(=O)CCC(F)=C(F)F)sc1/C=N/OC. The fourth-order valence-corrected chi connectivity index (χ4v) is 3.55. The number of halogens is 3. The van der Waals surface area contributed by atoms with Gasteiger partial charge in [0.1, 0.15) is 7.11 Å². The second kappa shape index (κ2) is 8.90. The van der Waals surface area contributed by atoms with Crippen molar-refractivity contribution in [3.63, 3.8) is 0 Å². The van der Waals surface area contributed by atoms with Gasteiger partial charge < -0.3 is 9.57 Å². The quantitative estimate of drug-likeness (QED) is 0.538. The van der Waals surface area contributed by atoms with Gasteiger partial charge in [0.05, 0.1) is 34.2 Å². The Balaban J connectivity index is 2.85. The van der Waals surface area contributed by atoms with Gasteiger partial charge in [-0.05, 0) is 0 Å². The molecule has 10 heteroatoms. The standard InChI is InChI=1S/C11H13F3N2O3S2/c1-18-6-8-9(5-15-19-2)20-11(16-8)21(17)4-3-7(12)10(13)14/h5H,3-4,6H2,1-2H3/b15-5+. The summed E-state index contributed by atoms with van der Waals surface area (Å²) in [6.45, 7) is 0.173. The lowest BCUT2D eigenvalue weighted by atomic mass is 10.4. The Bertz CT molecular complexity index is 557. The number of nitrogens with zero attached hydrogens (tertiary/aromatic N) is 2. The summed E-state index contributed by atoms with van der Waals surface area (Å²) in [6.07, 6.45) is -1.61. The van der Waals surface area contributed by atoms with Crippen molar-refractivity contribution in [3.8, 4) is 0 Å². The lowest BCUT2D eigenvalue weighted by molar-refractivity contribution is 0.181. The topological polar surface area (TPSA) is 60.8 Å². The molecule has 0 saturated heterocycles. The van der Waals surface area contributed by atoms with Crippen LogP contribution in [0.1, 0.15) is 17.0 Å². The normalized spacial score (nSPS) is 12.6. The molecule has 1 aromatic heterocycles. The van der Waals surface area contributed by atoms with E-state index in [4.69, 9.17) is 4.74 Å². The number of allylic oxidation sites excluding steroid dienone is 1. The highest BCUT2D eigenvalue weighted by atomic mass is 32.2. The molecule has 0 aliphatic rings. The first-order chi connectivity index (χ1) is 9.99. The Labute approximate surface area is 125 Å². The number of methoxy groups -OCH3 is 1. The number of oxime groups is 1. The maximum absolute atomic E-state index is 12.7. The molecule has 118 valence electrons. The molecule has 0 saturated carbocycles. The Morgan fingerprint density at radius 1 is 1.43 bits per heavy atom. The van der Waals surface area contributed by atoms with Gasteiger partial charge in [-0.15, -0.1) is 11.3 Å². The summed E-state index contributed by atoms with van der Waals surface area (Å²) in [5.74, 6) is -1.83. The first-order valence-corrected chi connectivity index (χ1v) is 7.76. The van der Waals surface area contributed by atoms with Gasteiger partial charge in [0.25, 0.3) is 0 Å². The number of hydrogen-bond donors (Lipinski definition) is 0. The van der Waals surface area contributed by atoms with Gasteiger partial charge in [0.15, 0.2) is 10.2 Å². The smallest absolute Gasteiger partial charge is 0.301 e. The van der Waals surface area contributed by atoms with Crippen LogP contribution in [0.5, 0.6) is 0 Å². The summed E-state index contributed by atoms with van der Waals surface area (Å²) in [5.41, 5.74) is 0.499. The van der Waals surface area contributed by atoms with E-state index < -0.39 is 29.1 Å². The summed E-state index contributed by atoms with van der Waals surface area (Å²) < 4.78 is 53.6. The van der Waals surface area contributed by atoms with Crippen LogP contribution >= 0.6 is 11.3 Å². The molecule has 0 radical (unpaired) electrons. The second-order valence-corrected chi connectivity index (χ2v) is 6.38. The van der Waals surface area contributed by atoms with Crippen molar-refractivity contribution in [2.24, 2.45) is 5.16 Å². The Hall–Kier alpha value is -1.26. The van der Waals surface area contributed by atoms with Crippen LogP contribution in [0.3, 0.4) is 0 Å². The van der Waals surface area contributed by atoms with Crippen molar-refractivity contribution in [1.29, 1.82) is 0 Å². The van der Waals surface area contributed by atoms with E-state index in [-0.39, 0.29) is 16.7 Å². The van der Waals surface area contributed by atoms with Crippen LogP contribution in [0.2, 0.25) is 0 Å². The minimum Gasteiger partial charge on any atom is -0.399 e. The Morgan fingerprint density at radius 2 is 2.14 bits per heavy atom. The molecule has 0 aliphatic carbocycles. The molecular weight excluding hydrogens is 329 g/mol. The average Bonchev–Trinajstić information content (AvgIpc) is 2.85. The number of aromatic nitrogens is 1. The largest absolute Gasteiger partial charge is 0.399 e. The molecule has 21 heavy (non-hydrogen) atoms. The molecule has 5 nitrogen and oxygen atoms in total. The number of thiazole rings is 1. The summed E-state index contributed by atoms with van der Waals surface area (Å²) in [5, 5.41) is 3.58. The van der Waals surface area contributed by atoms with Crippen LogP contribution in [0.4, 0.5) is 13.2 Å². The van der Waals surface area contributed by atoms with Crippen molar-refractivity contribution in [1.82, 2.24) is 4.98 Å².